The number of rotatable bonds is 9. The molecule has 54 heavy (non-hydrogen) atoms. The lowest BCUT2D eigenvalue weighted by Crippen LogP contribution is -2.53. The molecule has 3 aliphatic heterocycles. The van der Waals surface area contributed by atoms with Crippen molar-refractivity contribution in [2.24, 2.45) is 28.8 Å². The number of aryl methyl sites for hydroxylation is 1. The molecule has 1 spiro atoms. The van der Waals surface area contributed by atoms with Crippen LogP contribution in [0.4, 0.5) is 5.69 Å². The van der Waals surface area contributed by atoms with Gasteiger partial charge in [-0.1, -0.05) is 50.1 Å². The number of benzene rings is 2. The minimum absolute atomic E-state index is 0.0280. The highest BCUT2D eigenvalue weighted by Gasteiger charge is 2.44. The first kappa shape index (κ1) is 42.2. The summed E-state index contributed by atoms with van der Waals surface area (Å²) < 4.78 is 27.6. The Labute approximate surface area is 327 Å². The summed E-state index contributed by atoms with van der Waals surface area (Å²) in [5, 5.41) is 29.1. The van der Waals surface area contributed by atoms with E-state index in [2.05, 4.69) is 40.4 Å². The van der Waals surface area contributed by atoms with Gasteiger partial charge in [0.15, 0.2) is 0 Å². The van der Waals surface area contributed by atoms with Crippen molar-refractivity contribution < 1.29 is 28.2 Å². The van der Waals surface area contributed by atoms with Gasteiger partial charge >= 0.3 is 5.97 Å². The van der Waals surface area contributed by atoms with Crippen LogP contribution in [-0.4, -0.2) is 93.3 Å². The number of fused-ring (bicyclic) bond motifs is 4. The third-order valence-electron chi connectivity index (χ3n) is 12.4. The second kappa shape index (κ2) is 18.8. The summed E-state index contributed by atoms with van der Waals surface area (Å²) in [7, 11) is -3.33. The number of primary sulfonamides is 1. The quantitative estimate of drug-likeness (QED) is 0.217. The van der Waals surface area contributed by atoms with Crippen LogP contribution in [0.1, 0.15) is 80.3 Å². The van der Waals surface area contributed by atoms with Crippen molar-refractivity contribution >= 4 is 33.3 Å². The summed E-state index contributed by atoms with van der Waals surface area (Å²) in [4.78, 5) is 16.7. The zero-order chi connectivity index (χ0) is 39.0. The molecule has 0 bridgehead atoms. The van der Waals surface area contributed by atoms with Gasteiger partial charge in [0, 0.05) is 49.2 Å². The average Bonchev–Trinajstić information content (AvgIpc) is 3.29. The summed E-state index contributed by atoms with van der Waals surface area (Å²) >= 11 is 6.31. The molecule has 0 aromatic heterocycles. The van der Waals surface area contributed by atoms with Gasteiger partial charge in [-0.05, 0) is 117 Å². The van der Waals surface area contributed by atoms with Gasteiger partial charge in [0.1, 0.15) is 5.75 Å². The molecule has 3 fully saturated rings. The van der Waals surface area contributed by atoms with E-state index in [9.17, 15) is 23.4 Å². The highest BCUT2D eigenvalue weighted by Crippen LogP contribution is 2.46. The fraction of sp³-hybridized carbons (Fsp3) is 0.595. The van der Waals surface area contributed by atoms with Crippen LogP contribution >= 0.6 is 11.6 Å². The molecular formula is C42H61ClN4O6S. The van der Waals surface area contributed by atoms with Crippen molar-refractivity contribution in [1.82, 2.24) is 10.2 Å². The van der Waals surface area contributed by atoms with Crippen molar-refractivity contribution in [2.45, 2.75) is 82.8 Å². The number of nitrogens with zero attached hydrogens (tertiary/aromatic N) is 2. The van der Waals surface area contributed by atoms with E-state index in [1.165, 1.54) is 56.6 Å². The minimum atomic E-state index is -3.33. The van der Waals surface area contributed by atoms with Gasteiger partial charge in [0.05, 0.1) is 29.7 Å². The van der Waals surface area contributed by atoms with Crippen molar-refractivity contribution in [1.29, 1.82) is 0 Å². The monoisotopic (exact) mass is 784 g/mol. The Bertz CT molecular complexity index is 1700. The Morgan fingerprint density at radius 2 is 1.91 bits per heavy atom. The minimum Gasteiger partial charge on any atom is -0.490 e. The molecule has 2 aliphatic carbocycles. The maximum atomic E-state index is 11.7. The summed E-state index contributed by atoms with van der Waals surface area (Å²) in [6.45, 7) is 18.2. The van der Waals surface area contributed by atoms with Crippen molar-refractivity contribution in [3.63, 3.8) is 0 Å². The molecule has 5 aliphatic rings. The SMILES string of the molecule is C1CCN2CCNC[C@H]2C1.C=C[C@H](C)[C@H](C)CS(N)(=O)=O.C=C[C@H](O)[C@@H]1CC[C@H]1CN1C[C@@]2(CCCc3cc(Cl)ccc32)COc2ccc(C(=O)O)cc21. The van der Waals surface area contributed by atoms with Crippen LogP contribution in [0.15, 0.2) is 61.7 Å². The van der Waals surface area contributed by atoms with E-state index in [-0.39, 0.29) is 34.5 Å². The molecule has 298 valence electrons. The maximum absolute atomic E-state index is 11.7. The number of hydrogen-bond acceptors (Lipinski definition) is 8. The van der Waals surface area contributed by atoms with Gasteiger partial charge in [-0.2, -0.15) is 0 Å². The third kappa shape index (κ3) is 10.7. The molecule has 10 nitrogen and oxygen atoms in total. The van der Waals surface area contributed by atoms with Gasteiger partial charge in [-0.25, -0.2) is 18.4 Å². The van der Waals surface area contributed by atoms with Gasteiger partial charge in [0.2, 0.25) is 10.0 Å². The molecule has 2 saturated heterocycles. The fourth-order valence-electron chi connectivity index (χ4n) is 8.80. The second-order valence-electron chi connectivity index (χ2n) is 16.1. The first-order valence-corrected chi connectivity index (χ1v) is 21.8. The van der Waals surface area contributed by atoms with Crippen LogP contribution in [0.5, 0.6) is 5.75 Å². The molecule has 0 radical (unpaired) electrons. The number of aromatic carboxylic acids is 1. The molecule has 2 aromatic carbocycles. The van der Waals surface area contributed by atoms with Gasteiger partial charge in [-0.15, -0.1) is 13.2 Å². The number of carboxylic acid groups (broad SMARTS) is 1. The number of carbonyl (C=O) groups is 1. The van der Waals surface area contributed by atoms with Crippen molar-refractivity contribution in [3.8, 4) is 5.75 Å². The lowest BCUT2D eigenvalue weighted by atomic mass is 9.68. The van der Waals surface area contributed by atoms with Crippen LogP contribution in [0.25, 0.3) is 0 Å². The molecule has 3 heterocycles. The predicted molar refractivity (Wildman–Crippen MR) is 218 cm³/mol. The summed E-state index contributed by atoms with van der Waals surface area (Å²) in [6, 6.07) is 12.2. The Morgan fingerprint density at radius 1 is 1.11 bits per heavy atom. The lowest BCUT2D eigenvalue weighted by Gasteiger charge is -2.45. The number of carboxylic acids is 1. The van der Waals surface area contributed by atoms with E-state index in [1.807, 2.05) is 19.9 Å². The number of ether oxygens (including phenoxy) is 1. The molecule has 0 unspecified atom stereocenters. The van der Waals surface area contributed by atoms with Crippen LogP contribution in [0.2, 0.25) is 5.02 Å². The molecule has 0 amide bonds. The molecule has 5 N–H and O–H groups in total. The Kier molecular flexibility index (Phi) is 14.7. The van der Waals surface area contributed by atoms with Crippen molar-refractivity contribution in [2.75, 3.05) is 56.5 Å². The van der Waals surface area contributed by atoms with Crippen LogP contribution < -0.4 is 20.1 Å². The number of piperidine rings is 1. The molecule has 7 atom stereocenters. The second-order valence-corrected chi connectivity index (χ2v) is 18.2. The highest BCUT2D eigenvalue weighted by molar-refractivity contribution is 7.89. The third-order valence-corrected chi connectivity index (χ3v) is 13.6. The van der Waals surface area contributed by atoms with Gasteiger partial charge in [0.25, 0.3) is 0 Å². The number of anilines is 1. The van der Waals surface area contributed by atoms with Gasteiger partial charge in [-0.3, -0.25) is 4.90 Å². The van der Waals surface area contributed by atoms with E-state index in [4.69, 9.17) is 21.5 Å². The molecule has 1 saturated carbocycles. The predicted octanol–water partition coefficient (Wildman–Crippen LogP) is 6.26. The van der Waals surface area contributed by atoms with E-state index in [0.29, 0.717) is 12.5 Å². The fourth-order valence-corrected chi connectivity index (χ4v) is 10.0. The Balaban J connectivity index is 0.000000217. The standard InChI is InChI=1S/C27H30ClNO4.C8H16N2.C7H15NO2S/c1-2-24(30)21-8-5-19(21)14-29-15-27(11-3-4-17-12-20(28)7-9-22(17)27)16-33-25-10-6-18(26(31)32)13-23(25)29;1-2-5-10-6-4-9-7-8(10)3-1;1-4-6(2)7(3)5-11(8,9)10/h2,6-7,9-10,12-13,19,21,24,30H,1,3-5,8,11,14-16H2,(H,31,32);8-9H,1-7H2;4,6-7H,1,5H2,2-3H3,(H2,8,9,10)/t19-,21+,24-,27-;8-;6-,7+/m010/s1. The smallest absolute Gasteiger partial charge is 0.335 e. The van der Waals surface area contributed by atoms with E-state index in [0.717, 1.165) is 67.7 Å². The van der Waals surface area contributed by atoms with Crippen LogP contribution in [0, 0.1) is 23.7 Å². The highest BCUT2D eigenvalue weighted by atomic mass is 35.5. The topological polar surface area (TPSA) is 145 Å². The van der Waals surface area contributed by atoms with Crippen molar-refractivity contribution in [3.05, 3.63) is 83.4 Å². The number of nitrogens with one attached hydrogen (secondary N) is 1. The van der Waals surface area contributed by atoms with Crippen LogP contribution in [0.3, 0.4) is 0 Å². The molecular weight excluding hydrogens is 724 g/mol. The summed E-state index contributed by atoms with van der Waals surface area (Å²) in [5.41, 5.74) is 3.44. The largest absolute Gasteiger partial charge is 0.490 e. The first-order valence-electron chi connectivity index (χ1n) is 19.7. The zero-order valence-electron chi connectivity index (χ0n) is 32.1. The number of hydrogen-bond donors (Lipinski definition) is 4. The normalized spacial score (nSPS) is 26.5. The molecule has 12 heteroatoms. The maximum Gasteiger partial charge on any atom is 0.335 e. The average molecular weight is 785 g/mol. The Hall–Kier alpha value is -2.93. The number of nitrogens with two attached hydrogens (primary N) is 1. The zero-order valence-corrected chi connectivity index (χ0v) is 33.7. The molecule has 2 aromatic rings. The number of aliphatic hydroxyl groups is 1. The van der Waals surface area contributed by atoms with Gasteiger partial charge < -0.3 is 25.2 Å². The number of halogens is 1. The lowest BCUT2D eigenvalue weighted by molar-refractivity contribution is 0.0460. The van der Waals surface area contributed by atoms with E-state index >= 15 is 0 Å². The molecule has 7 rings (SSSR count). The summed E-state index contributed by atoms with van der Waals surface area (Å²) in [6.07, 6.45) is 12.2. The number of piperazine rings is 1. The first-order chi connectivity index (χ1) is 25.7. The Morgan fingerprint density at radius 3 is 2.57 bits per heavy atom. The number of aliphatic hydroxyl groups excluding tert-OH is 1. The summed E-state index contributed by atoms with van der Waals surface area (Å²) in [5.74, 6) is 0.543. The van der Waals surface area contributed by atoms with E-state index in [1.54, 1.807) is 30.4 Å². The van der Waals surface area contributed by atoms with Crippen LogP contribution in [-0.2, 0) is 21.9 Å². The number of sulfonamides is 1. The number of allylic oxidation sites excluding steroid dienone is 1. The van der Waals surface area contributed by atoms with E-state index < -0.39 is 22.1 Å².